The third-order valence-electron chi connectivity index (χ3n) is 3.81. The average Bonchev–Trinajstić information content (AvgIpc) is 2.64. The van der Waals surface area contributed by atoms with E-state index in [1.807, 2.05) is 0 Å². The fraction of sp³-hybridized carbons (Fsp3) is 0.0588. The summed E-state index contributed by atoms with van der Waals surface area (Å²) < 4.78 is 6.78. The molecule has 0 fully saturated rings. The zero-order valence-electron chi connectivity index (χ0n) is 14.0. The smallest absolute Gasteiger partial charge is 0.419 e. The SMILES string of the molecule is Cn1c(=O)c(N(C(=O)O)c2cc(=O)cco2)c(N)n(-c2ccccc2)c1=O. The minimum Gasteiger partial charge on any atom is -0.464 e. The zero-order valence-corrected chi connectivity index (χ0v) is 14.0. The number of amides is 1. The number of hydrogen-bond acceptors (Lipinski definition) is 6. The zero-order chi connectivity index (χ0) is 19.7. The Hall–Kier alpha value is -4.08. The van der Waals surface area contributed by atoms with Gasteiger partial charge in [0.05, 0.1) is 12.0 Å². The normalized spacial score (nSPS) is 10.6. The summed E-state index contributed by atoms with van der Waals surface area (Å²) >= 11 is 0. The van der Waals surface area contributed by atoms with E-state index in [0.29, 0.717) is 10.6 Å². The highest BCUT2D eigenvalue weighted by Crippen LogP contribution is 2.27. The van der Waals surface area contributed by atoms with Gasteiger partial charge in [-0.1, -0.05) is 18.2 Å². The van der Waals surface area contributed by atoms with Gasteiger partial charge in [0.1, 0.15) is 5.82 Å². The Bertz CT molecular complexity index is 1190. The lowest BCUT2D eigenvalue weighted by Gasteiger charge is -2.21. The summed E-state index contributed by atoms with van der Waals surface area (Å²) in [5.41, 5.74) is 3.57. The van der Waals surface area contributed by atoms with Gasteiger partial charge in [0.15, 0.2) is 11.1 Å². The molecule has 0 saturated carbocycles. The Labute approximate surface area is 150 Å². The fourth-order valence-electron chi connectivity index (χ4n) is 2.54. The van der Waals surface area contributed by atoms with E-state index in [-0.39, 0.29) is 0 Å². The van der Waals surface area contributed by atoms with Crippen LogP contribution in [0.15, 0.2) is 67.5 Å². The second-order valence-electron chi connectivity index (χ2n) is 5.48. The monoisotopic (exact) mass is 370 g/mol. The van der Waals surface area contributed by atoms with Crippen LogP contribution in [0.1, 0.15) is 0 Å². The van der Waals surface area contributed by atoms with Gasteiger partial charge in [0.25, 0.3) is 5.56 Å². The summed E-state index contributed by atoms with van der Waals surface area (Å²) in [6.45, 7) is 0. The van der Waals surface area contributed by atoms with E-state index in [1.165, 1.54) is 7.05 Å². The van der Waals surface area contributed by atoms with Crippen molar-refractivity contribution in [1.29, 1.82) is 0 Å². The Morgan fingerprint density at radius 1 is 1.15 bits per heavy atom. The highest BCUT2D eigenvalue weighted by Gasteiger charge is 2.29. The Kier molecular flexibility index (Phi) is 4.38. The van der Waals surface area contributed by atoms with Crippen molar-refractivity contribution >= 4 is 23.5 Å². The summed E-state index contributed by atoms with van der Waals surface area (Å²) in [6.07, 6.45) is -0.631. The minimum absolute atomic E-state index is 0.330. The second-order valence-corrected chi connectivity index (χ2v) is 5.48. The van der Waals surface area contributed by atoms with E-state index in [4.69, 9.17) is 10.2 Å². The van der Waals surface area contributed by atoms with Gasteiger partial charge in [0, 0.05) is 19.2 Å². The van der Waals surface area contributed by atoms with Crippen LogP contribution in [-0.2, 0) is 7.05 Å². The van der Waals surface area contributed by atoms with Crippen molar-refractivity contribution in [2.24, 2.45) is 7.05 Å². The van der Waals surface area contributed by atoms with E-state index >= 15 is 0 Å². The molecular formula is C17H14N4O6. The van der Waals surface area contributed by atoms with Crippen LogP contribution in [0.3, 0.4) is 0 Å². The summed E-state index contributed by atoms with van der Waals surface area (Å²) in [7, 11) is 1.19. The molecule has 3 aromatic rings. The first-order valence-corrected chi connectivity index (χ1v) is 7.61. The van der Waals surface area contributed by atoms with E-state index in [2.05, 4.69) is 0 Å². The number of anilines is 3. The van der Waals surface area contributed by atoms with Crippen LogP contribution >= 0.6 is 0 Å². The molecule has 10 nitrogen and oxygen atoms in total. The predicted octanol–water partition coefficient (Wildman–Crippen LogP) is 0.888. The molecular weight excluding hydrogens is 356 g/mol. The van der Waals surface area contributed by atoms with Gasteiger partial charge in [-0.2, -0.15) is 0 Å². The summed E-state index contributed by atoms with van der Waals surface area (Å²) in [5, 5.41) is 9.61. The van der Waals surface area contributed by atoms with Crippen LogP contribution in [0.2, 0.25) is 0 Å². The lowest BCUT2D eigenvalue weighted by molar-refractivity contribution is 0.203. The van der Waals surface area contributed by atoms with E-state index in [9.17, 15) is 24.3 Å². The number of aromatic nitrogens is 2. The molecule has 0 bridgehead atoms. The first-order valence-electron chi connectivity index (χ1n) is 7.61. The van der Waals surface area contributed by atoms with Gasteiger partial charge in [-0.15, -0.1) is 0 Å². The molecule has 2 heterocycles. The van der Waals surface area contributed by atoms with Crippen molar-refractivity contribution in [3.8, 4) is 5.69 Å². The Morgan fingerprint density at radius 2 is 1.81 bits per heavy atom. The van der Waals surface area contributed by atoms with Crippen LogP contribution in [-0.4, -0.2) is 20.3 Å². The van der Waals surface area contributed by atoms with Crippen LogP contribution in [0.5, 0.6) is 0 Å². The summed E-state index contributed by atoms with van der Waals surface area (Å²) in [6, 6.07) is 10.1. The average molecular weight is 370 g/mol. The number of nitrogen functional groups attached to an aromatic ring is 1. The highest BCUT2D eigenvalue weighted by molar-refractivity contribution is 5.95. The molecule has 0 spiro atoms. The molecule has 3 N–H and O–H groups in total. The van der Waals surface area contributed by atoms with Crippen molar-refractivity contribution in [3.05, 3.63) is 79.8 Å². The molecule has 2 aromatic heterocycles. The maximum atomic E-state index is 12.6. The second kappa shape index (κ2) is 6.67. The molecule has 0 atom stereocenters. The van der Waals surface area contributed by atoms with Crippen molar-refractivity contribution in [1.82, 2.24) is 9.13 Å². The third-order valence-corrected chi connectivity index (χ3v) is 3.81. The van der Waals surface area contributed by atoms with Crippen molar-refractivity contribution in [2.75, 3.05) is 10.6 Å². The largest absolute Gasteiger partial charge is 0.464 e. The van der Waals surface area contributed by atoms with Gasteiger partial charge in [-0.05, 0) is 12.1 Å². The number of benzene rings is 1. The molecule has 0 aliphatic rings. The summed E-state index contributed by atoms with van der Waals surface area (Å²) in [4.78, 5) is 49.0. The van der Waals surface area contributed by atoms with Crippen LogP contribution < -0.4 is 27.3 Å². The van der Waals surface area contributed by atoms with Gasteiger partial charge >= 0.3 is 11.8 Å². The third kappa shape index (κ3) is 2.99. The molecule has 0 radical (unpaired) electrons. The minimum atomic E-state index is -1.62. The molecule has 0 aliphatic heterocycles. The highest BCUT2D eigenvalue weighted by atomic mass is 16.4. The van der Waals surface area contributed by atoms with E-state index in [0.717, 1.165) is 27.5 Å². The molecule has 0 aliphatic carbocycles. The number of rotatable bonds is 3. The number of nitrogens with zero attached hydrogens (tertiary/aromatic N) is 3. The van der Waals surface area contributed by atoms with Crippen molar-refractivity contribution in [2.45, 2.75) is 0 Å². The molecule has 0 saturated heterocycles. The van der Waals surface area contributed by atoms with Crippen LogP contribution in [0, 0.1) is 0 Å². The molecule has 3 rings (SSSR count). The van der Waals surface area contributed by atoms with E-state index in [1.54, 1.807) is 30.3 Å². The van der Waals surface area contributed by atoms with Crippen LogP contribution in [0.4, 0.5) is 22.2 Å². The first-order chi connectivity index (χ1) is 12.8. The van der Waals surface area contributed by atoms with Gasteiger partial charge < -0.3 is 15.3 Å². The lowest BCUT2D eigenvalue weighted by atomic mass is 10.3. The number of nitrogens with two attached hydrogens (primary N) is 1. The predicted molar refractivity (Wildman–Crippen MR) is 96.8 cm³/mol. The van der Waals surface area contributed by atoms with Gasteiger partial charge in [0.2, 0.25) is 5.88 Å². The first kappa shape index (κ1) is 17.7. The van der Waals surface area contributed by atoms with Crippen molar-refractivity contribution < 1.29 is 14.3 Å². The van der Waals surface area contributed by atoms with Gasteiger partial charge in [-0.25, -0.2) is 19.1 Å². The Morgan fingerprint density at radius 3 is 2.41 bits per heavy atom. The number of para-hydroxylation sites is 1. The molecule has 10 heteroatoms. The maximum Gasteiger partial charge on any atom is 0.419 e. The van der Waals surface area contributed by atoms with Crippen molar-refractivity contribution in [3.63, 3.8) is 0 Å². The van der Waals surface area contributed by atoms with Gasteiger partial charge in [-0.3, -0.25) is 14.2 Å². The molecule has 27 heavy (non-hydrogen) atoms. The quantitative estimate of drug-likeness (QED) is 0.697. The number of carbonyl (C=O) groups is 1. The molecule has 1 amide bonds. The Balaban J connectivity index is 2.40. The molecule has 1 aromatic carbocycles. The number of hydrogen-bond donors (Lipinski definition) is 2. The number of carboxylic acid groups (broad SMARTS) is 1. The maximum absolute atomic E-state index is 12.6. The fourth-order valence-corrected chi connectivity index (χ4v) is 2.54. The van der Waals surface area contributed by atoms with Crippen LogP contribution in [0.25, 0.3) is 5.69 Å². The standard InChI is InChI=1S/C17H14N4O6/c1-19-15(23)13(21(17(25)26)12-9-11(22)7-8-27-12)14(18)20(16(19)24)10-5-3-2-4-6-10/h2-9H,18H2,1H3,(H,25,26). The summed E-state index contributed by atoms with van der Waals surface area (Å²) in [5.74, 6) is -0.847. The molecule has 0 unspecified atom stereocenters. The lowest BCUT2D eigenvalue weighted by Crippen LogP contribution is -2.43. The van der Waals surface area contributed by atoms with E-state index < -0.39 is 40.2 Å². The molecule has 138 valence electrons. The topological polar surface area (TPSA) is 141 Å².